The highest BCUT2D eigenvalue weighted by Gasteiger charge is 2.24. The first-order chi connectivity index (χ1) is 10.8. The standard InChI is InChI=1S/C15H10Cl3NO4/c16-9-4-2-1-3-7(9)13(15(22)23)19-12-5-8(14(20)21)10(17)6-11(12)18/h1-6,13,19H,(H,20,21)(H,22,23). The maximum absolute atomic E-state index is 11.5. The number of carboxylic acid groups (broad SMARTS) is 2. The molecular formula is C15H10Cl3NO4. The maximum Gasteiger partial charge on any atom is 0.337 e. The first-order valence-electron chi connectivity index (χ1n) is 6.27. The Balaban J connectivity index is 2.46. The minimum atomic E-state index is -1.25. The third-order valence-corrected chi connectivity index (χ3v) is 4.02. The number of benzene rings is 2. The first kappa shape index (κ1) is 17.4. The molecule has 0 spiro atoms. The normalized spacial score (nSPS) is 11.8. The van der Waals surface area contributed by atoms with Crippen LogP contribution in [0.25, 0.3) is 0 Å². The van der Waals surface area contributed by atoms with Crippen LogP contribution in [0.2, 0.25) is 15.1 Å². The summed E-state index contributed by atoms with van der Waals surface area (Å²) >= 11 is 17.8. The lowest BCUT2D eigenvalue weighted by atomic mass is 10.1. The summed E-state index contributed by atoms with van der Waals surface area (Å²) in [6, 6.07) is 7.63. The highest BCUT2D eigenvalue weighted by molar-refractivity contribution is 6.38. The van der Waals surface area contributed by atoms with Crippen molar-refractivity contribution in [3.63, 3.8) is 0 Å². The third-order valence-electron chi connectivity index (χ3n) is 3.05. The molecule has 0 saturated heterocycles. The Kier molecular flexibility index (Phi) is 5.36. The Morgan fingerprint density at radius 2 is 1.61 bits per heavy atom. The summed E-state index contributed by atoms with van der Waals surface area (Å²) in [5.74, 6) is -2.44. The van der Waals surface area contributed by atoms with E-state index in [4.69, 9.17) is 39.9 Å². The maximum atomic E-state index is 11.5. The zero-order valence-electron chi connectivity index (χ0n) is 11.4. The number of rotatable bonds is 5. The summed E-state index contributed by atoms with van der Waals surface area (Å²) in [5, 5.41) is 21.5. The molecule has 0 amide bonds. The van der Waals surface area contributed by atoms with E-state index >= 15 is 0 Å². The topological polar surface area (TPSA) is 86.6 Å². The van der Waals surface area contributed by atoms with Crippen LogP contribution in [0.1, 0.15) is 22.0 Å². The van der Waals surface area contributed by atoms with Crippen molar-refractivity contribution in [1.82, 2.24) is 0 Å². The highest BCUT2D eigenvalue weighted by atomic mass is 35.5. The number of nitrogens with one attached hydrogen (secondary N) is 1. The van der Waals surface area contributed by atoms with Gasteiger partial charge >= 0.3 is 11.9 Å². The fraction of sp³-hybridized carbons (Fsp3) is 0.0667. The lowest BCUT2D eigenvalue weighted by Crippen LogP contribution is -2.21. The number of hydrogen-bond acceptors (Lipinski definition) is 3. The van der Waals surface area contributed by atoms with Gasteiger partial charge in [0, 0.05) is 10.6 Å². The second kappa shape index (κ2) is 7.08. The van der Waals surface area contributed by atoms with Crippen LogP contribution >= 0.6 is 34.8 Å². The molecule has 3 N–H and O–H groups in total. The number of aromatic carboxylic acids is 1. The molecule has 0 bridgehead atoms. The van der Waals surface area contributed by atoms with E-state index in [0.717, 1.165) is 0 Å². The molecule has 2 aromatic carbocycles. The van der Waals surface area contributed by atoms with Gasteiger partial charge in [0.1, 0.15) is 0 Å². The van der Waals surface area contributed by atoms with E-state index < -0.39 is 18.0 Å². The van der Waals surface area contributed by atoms with Crippen LogP contribution in [0.5, 0.6) is 0 Å². The minimum absolute atomic E-state index is 0.0438. The van der Waals surface area contributed by atoms with Crippen LogP contribution in [0.15, 0.2) is 36.4 Å². The van der Waals surface area contributed by atoms with Gasteiger partial charge in [-0.15, -0.1) is 0 Å². The van der Waals surface area contributed by atoms with Crippen LogP contribution < -0.4 is 5.32 Å². The molecular weight excluding hydrogens is 365 g/mol. The van der Waals surface area contributed by atoms with Gasteiger partial charge in [-0.25, -0.2) is 9.59 Å². The number of anilines is 1. The molecule has 1 atom stereocenters. The molecule has 1 unspecified atom stereocenters. The molecule has 5 nitrogen and oxygen atoms in total. The molecule has 120 valence electrons. The van der Waals surface area contributed by atoms with E-state index in [0.29, 0.717) is 5.56 Å². The smallest absolute Gasteiger partial charge is 0.337 e. The molecule has 0 heterocycles. The summed E-state index contributed by atoms with van der Waals surface area (Å²) in [7, 11) is 0. The molecule has 2 aromatic rings. The van der Waals surface area contributed by atoms with E-state index in [9.17, 15) is 14.7 Å². The van der Waals surface area contributed by atoms with Crippen molar-refractivity contribution in [2.75, 3.05) is 5.32 Å². The van der Waals surface area contributed by atoms with Crippen molar-refractivity contribution in [1.29, 1.82) is 0 Å². The Morgan fingerprint density at radius 3 is 2.17 bits per heavy atom. The summed E-state index contributed by atoms with van der Waals surface area (Å²) < 4.78 is 0. The van der Waals surface area contributed by atoms with Gasteiger partial charge in [0.05, 0.1) is 21.3 Å². The summed E-state index contributed by atoms with van der Waals surface area (Å²) in [5.41, 5.74) is 0.257. The Morgan fingerprint density at radius 1 is 0.957 bits per heavy atom. The van der Waals surface area contributed by atoms with Gasteiger partial charge < -0.3 is 15.5 Å². The lowest BCUT2D eigenvalue weighted by Gasteiger charge is -2.19. The number of hydrogen-bond donors (Lipinski definition) is 3. The van der Waals surface area contributed by atoms with Crippen molar-refractivity contribution in [3.05, 3.63) is 62.6 Å². The second-order valence-electron chi connectivity index (χ2n) is 4.55. The average Bonchev–Trinajstić information content (AvgIpc) is 2.46. The monoisotopic (exact) mass is 373 g/mol. The number of aliphatic carboxylic acids is 1. The van der Waals surface area contributed by atoms with Gasteiger partial charge in [0.25, 0.3) is 0 Å². The average molecular weight is 375 g/mol. The van der Waals surface area contributed by atoms with Gasteiger partial charge in [0.2, 0.25) is 0 Å². The molecule has 8 heteroatoms. The first-order valence-corrected chi connectivity index (χ1v) is 7.40. The molecule has 0 aliphatic rings. The van der Waals surface area contributed by atoms with Crippen molar-refractivity contribution in [3.8, 4) is 0 Å². The zero-order chi connectivity index (χ0) is 17.1. The summed E-state index contributed by atoms with van der Waals surface area (Å²) in [6.45, 7) is 0. The van der Waals surface area contributed by atoms with Crippen LogP contribution in [0.4, 0.5) is 5.69 Å². The van der Waals surface area contributed by atoms with Crippen molar-refractivity contribution >= 4 is 52.4 Å². The van der Waals surface area contributed by atoms with Gasteiger partial charge in [-0.05, 0) is 18.2 Å². The Bertz CT molecular complexity index is 779. The fourth-order valence-electron chi connectivity index (χ4n) is 1.96. The van der Waals surface area contributed by atoms with Crippen LogP contribution in [0.3, 0.4) is 0 Å². The van der Waals surface area contributed by atoms with E-state index in [1.807, 2.05) is 0 Å². The van der Waals surface area contributed by atoms with Crippen LogP contribution in [-0.4, -0.2) is 22.2 Å². The third kappa shape index (κ3) is 3.88. The molecule has 0 aliphatic heterocycles. The SMILES string of the molecule is O=C(O)c1cc(NC(C(=O)O)c2ccccc2Cl)c(Cl)cc1Cl. The Hall–Kier alpha value is -1.95. The molecule has 0 radical (unpaired) electrons. The second-order valence-corrected chi connectivity index (χ2v) is 5.78. The largest absolute Gasteiger partial charge is 0.479 e. The van der Waals surface area contributed by atoms with Crippen molar-refractivity contribution in [2.45, 2.75) is 6.04 Å². The van der Waals surface area contributed by atoms with E-state index in [1.54, 1.807) is 24.3 Å². The predicted molar refractivity (Wildman–Crippen MR) is 88.9 cm³/mol. The van der Waals surface area contributed by atoms with Gasteiger partial charge in [0.15, 0.2) is 6.04 Å². The van der Waals surface area contributed by atoms with Gasteiger partial charge in [-0.1, -0.05) is 53.0 Å². The molecule has 0 aromatic heterocycles. The van der Waals surface area contributed by atoms with Gasteiger partial charge in [-0.3, -0.25) is 0 Å². The van der Waals surface area contributed by atoms with Gasteiger partial charge in [-0.2, -0.15) is 0 Å². The predicted octanol–water partition coefficient (Wildman–Crippen LogP) is 4.58. The summed E-state index contributed by atoms with van der Waals surface area (Å²) in [6.07, 6.45) is 0. The quantitative estimate of drug-likeness (QED) is 0.713. The molecule has 0 fully saturated rings. The molecule has 0 saturated carbocycles. The van der Waals surface area contributed by atoms with E-state index in [-0.39, 0.29) is 26.3 Å². The summed E-state index contributed by atoms with van der Waals surface area (Å²) in [4.78, 5) is 22.7. The van der Waals surface area contributed by atoms with Crippen LogP contribution in [0, 0.1) is 0 Å². The van der Waals surface area contributed by atoms with Crippen molar-refractivity contribution < 1.29 is 19.8 Å². The molecule has 23 heavy (non-hydrogen) atoms. The Labute approximate surface area is 146 Å². The van der Waals surface area contributed by atoms with Crippen molar-refractivity contribution in [2.24, 2.45) is 0 Å². The molecule has 0 aliphatic carbocycles. The highest BCUT2D eigenvalue weighted by Crippen LogP contribution is 2.33. The number of halogens is 3. The van der Waals surface area contributed by atoms with E-state index in [2.05, 4.69) is 5.32 Å². The molecule has 2 rings (SSSR count). The van der Waals surface area contributed by atoms with E-state index in [1.165, 1.54) is 12.1 Å². The van der Waals surface area contributed by atoms with Crippen LogP contribution in [-0.2, 0) is 4.79 Å². The lowest BCUT2D eigenvalue weighted by molar-refractivity contribution is -0.138. The zero-order valence-corrected chi connectivity index (χ0v) is 13.7. The number of carbonyl (C=O) groups is 2. The minimum Gasteiger partial charge on any atom is -0.479 e. The fourth-order valence-corrected chi connectivity index (χ4v) is 2.72. The number of carboxylic acids is 2.